The molecule has 22 heavy (non-hydrogen) atoms. The first-order valence-electron chi connectivity index (χ1n) is 8.12. The third-order valence-electron chi connectivity index (χ3n) is 5.55. The summed E-state index contributed by atoms with van der Waals surface area (Å²) in [4.78, 5) is 2.65. The number of piperidine rings is 1. The molecule has 2 aliphatic heterocycles. The van der Waals surface area contributed by atoms with Crippen LogP contribution in [0.1, 0.15) is 24.8 Å². The molecule has 0 aromatic heterocycles. The monoisotopic (exact) mass is 303 g/mol. The molecule has 1 aliphatic carbocycles. The Morgan fingerprint density at radius 3 is 2.59 bits per heavy atom. The van der Waals surface area contributed by atoms with Crippen molar-refractivity contribution in [1.29, 1.82) is 0 Å². The Balaban J connectivity index is 1.44. The highest BCUT2D eigenvalue weighted by molar-refractivity contribution is 6.33. The van der Waals surface area contributed by atoms with Gasteiger partial charge in [0, 0.05) is 37.8 Å². The van der Waals surface area contributed by atoms with Crippen LogP contribution in [-0.4, -0.2) is 54.6 Å². The standard InChI is InChI=1S/C16H22BNO4/c19-17(20)22-15-3-1-12(2-4-15)16-9-13(16)10-18(11-16)14-5-7-21-8-6-14/h1-4,13-14,19-20H,5-11H2/t13-,16+/m1/s1. The van der Waals surface area contributed by atoms with Crippen molar-refractivity contribution in [2.24, 2.45) is 5.92 Å². The van der Waals surface area contributed by atoms with Gasteiger partial charge in [-0.1, -0.05) is 12.1 Å². The fourth-order valence-electron chi connectivity index (χ4n) is 4.28. The maximum atomic E-state index is 8.84. The summed E-state index contributed by atoms with van der Waals surface area (Å²) in [6, 6.07) is 8.49. The first-order valence-corrected chi connectivity index (χ1v) is 8.12. The van der Waals surface area contributed by atoms with Gasteiger partial charge in [0.05, 0.1) is 0 Å². The van der Waals surface area contributed by atoms with Crippen LogP contribution in [0.4, 0.5) is 0 Å². The highest BCUT2D eigenvalue weighted by Crippen LogP contribution is 2.59. The third-order valence-corrected chi connectivity index (χ3v) is 5.55. The van der Waals surface area contributed by atoms with Gasteiger partial charge in [0.15, 0.2) is 0 Å². The average Bonchev–Trinajstić information content (AvgIpc) is 3.10. The number of nitrogens with zero attached hydrogens (tertiary/aromatic N) is 1. The normalized spacial score (nSPS) is 31.8. The van der Waals surface area contributed by atoms with E-state index in [0.29, 0.717) is 17.2 Å². The molecule has 4 rings (SSSR count). The Labute approximate surface area is 131 Å². The predicted octanol–water partition coefficient (Wildman–Crippen LogP) is 0.787. The van der Waals surface area contributed by atoms with Gasteiger partial charge >= 0.3 is 7.32 Å². The lowest BCUT2D eigenvalue weighted by molar-refractivity contribution is 0.0378. The average molecular weight is 303 g/mol. The summed E-state index contributed by atoms with van der Waals surface area (Å²) in [6.45, 7) is 4.14. The lowest BCUT2D eigenvalue weighted by Crippen LogP contribution is -2.40. The molecule has 1 saturated carbocycles. The number of fused-ring (bicyclic) bond motifs is 1. The van der Waals surface area contributed by atoms with Crippen LogP contribution in [0.3, 0.4) is 0 Å². The Kier molecular flexibility index (Phi) is 3.65. The van der Waals surface area contributed by atoms with Gasteiger partial charge in [0.2, 0.25) is 0 Å². The van der Waals surface area contributed by atoms with Crippen LogP contribution in [0.15, 0.2) is 24.3 Å². The molecular formula is C16H22BNO4. The molecule has 0 radical (unpaired) electrons. The first-order chi connectivity index (χ1) is 10.7. The second kappa shape index (κ2) is 5.53. The minimum atomic E-state index is -1.76. The number of rotatable bonds is 4. The van der Waals surface area contributed by atoms with E-state index in [1.807, 2.05) is 12.1 Å². The van der Waals surface area contributed by atoms with E-state index >= 15 is 0 Å². The summed E-state index contributed by atoms with van der Waals surface area (Å²) in [5.74, 6) is 1.26. The van der Waals surface area contributed by atoms with E-state index < -0.39 is 7.32 Å². The largest absolute Gasteiger partial charge is 0.707 e. The molecular weight excluding hydrogens is 281 g/mol. The summed E-state index contributed by atoms with van der Waals surface area (Å²) in [5, 5.41) is 17.7. The molecule has 0 amide bonds. The Morgan fingerprint density at radius 1 is 1.18 bits per heavy atom. The highest BCUT2D eigenvalue weighted by Gasteiger charge is 2.61. The summed E-state index contributed by atoms with van der Waals surface area (Å²) >= 11 is 0. The summed E-state index contributed by atoms with van der Waals surface area (Å²) in [7, 11) is -1.76. The molecule has 0 bridgehead atoms. The third kappa shape index (κ3) is 2.54. The van der Waals surface area contributed by atoms with Gasteiger partial charge in [-0.15, -0.1) is 0 Å². The minimum Gasteiger partial charge on any atom is -0.512 e. The van der Waals surface area contributed by atoms with Crippen molar-refractivity contribution in [3.63, 3.8) is 0 Å². The Hall–Kier alpha value is -1.08. The first kappa shape index (κ1) is 14.5. The fraction of sp³-hybridized carbons (Fsp3) is 0.625. The van der Waals surface area contributed by atoms with E-state index in [0.717, 1.165) is 38.5 Å². The molecule has 2 saturated heterocycles. The molecule has 3 fully saturated rings. The second-order valence-electron chi connectivity index (χ2n) is 6.80. The van der Waals surface area contributed by atoms with E-state index in [9.17, 15) is 0 Å². The molecule has 118 valence electrons. The van der Waals surface area contributed by atoms with Crippen molar-refractivity contribution in [3.05, 3.63) is 29.8 Å². The molecule has 0 unspecified atom stereocenters. The van der Waals surface area contributed by atoms with Gasteiger partial charge in [-0.05, 0) is 42.9 Å². The molecule has 2 atom stereocenters. The van der Waals surface area contributed by atoms with Crippen molar-refractivity contribution in [2.75, 3.05) is 26.3 Å². The van der Waals surface area contributed by atoms with Gasteiger partial charge in [0.1, 0.15) is 5.75 Å². The topological polar surface area (TPSA) is 62.2 Å². The van der Waals surface area contributed by atoms with E-state index in [-0.39, 0.29) is 0 Å². The lowest BCUT2D eigenvalue weighted by atomic mass is 9.94. The van der Waals surface area contributed by atoms with Crippen LogP contribution in [0.2, 0.25) is 0 Å². The number of hydrogen-bond acceptors (Lipinski definition) is 5. The van der Waals surface area contributed by atoms with Crippen LogP contribution in [-0.2, 0) is 10.2 Å². The van der Waals surface area contributed by atoms with Crippen LogP contribution in [0.5, 0.6) is 5.75 Å². The van der Waals surface area contributed by atoms with E-state index in [4.69, 9.17) is 19.4 Å². The number of likely N-dealkylation sites (tertiary alicyclic amines) is 1. The Bertz CT molecular complexity index is 531. The number of benzene rings is 1. The van der Waals surface area contributed by atoms with Crippen molar-refractivity contribution >= 4 is 7.32 Å². The SMILES string of the molecule is OB(O)Oc1ccc([C@@]23C[C@@H]2CN(C2CCOCC2)C3)cc1. The maximum Gasteiger partial charge on any atom is 0.707 e. The molecule has 2 heterocycles. The van der Waals surface area contributed by atoms with E-state index in [2.05, 4.69) is 17.0 Å². The lowest BCUT2D eigenvalue weighted by Gasteiger charge is -2.33. The second-order valence-corrected chi connectivity index (χ2v) is 6.80. The predicted molar refractivity (Wildman–Crippen MR) is 82.5 cm³/mol. The maximum absolute atomic E-state index is 8.84. The van der Waals surface area contributed by atoms with Gasteiger partial charge in [-0.2, -0.15) is 0 Å². The molecule has 2 N–H and O–H groups in total. The summed E-state index contributed by atoms with van der Waals surface area (Å²) < 4.78 is 10.4. The van der Waals surface area contributed by atoms with Gasteiger partial charge in [-0.3, -0.25) is 4.90 Å². The minimum absolute atomic E-state index is 0.314. The summed E-state index contributed by atoms with van der Waals surface area (Å²) in [6.07, 6.45) is 3.59. The van der Waals surface area contributed by atoms with Crippen LogP contribution >= 0.6 is 0 Å². The summed E-state index contributed by atoms with van der Waals surface area (Å²) in [5.41, 5.74) is 1.67. The molecule has 1 aromatic carbocycles. The zero-order chi connectivity index (χ0) is 15.2. The van der Waals surface area contributed by atoms with Gasteiger partial charge in [0.25, 0.3) is 0 Å². The fourth-order valence-corrected chi connectivity index (χ4v) is 4.28. The molecule has 3 aliphatic rings. The van der Waals surface area contributed by atoms with Crippen molar-refractivity contribution in [1.82, 2.24) is 4.90 Å². The van der Waals surface area contributed by atoms with E-state index in [1.54, 1.807) is 0 Å². The zero-order valence-electron chi connectivity index (χ0n) is 12.6. The zero-order valence-corrected chi connectivity index (χ0v) is 12.6. The molecule has 0 spiro atoms. The van der Waals surface area contributed by atoms with Crippen molar-refractivity contribution < 1.29 is 19.4 Å². The molecule has 5 nitrogen and oxygen atoms in total. The van der Waals surface area contributed by atoms with Crippen LogP contribution in [0.25, 0.3) is 0 Å². The van der Waals surface area contributed by atoms with Gasteiger partial charge in [-0.25, -0.2) is 0 Å². The van der Waals surface area contributed by atoms with Crippen molar-refractivity contribution in [2.45, 2.75) is 30.7 Å². The molecule has 1 aromatic rings. The number of hydrogen-bond donors (Lipinski definition) is 2. The smallest absolute Gasteiger partial charge is 0.512 e. The highest BCUT2D eigenvalue weighted by atomic mass is 16.6. The van der Waals surface area contributed by atoms with Gasteiger partial charge < -0.3 is 19.4 Å². The quantitative estimate of drug-likeness (QED) is 0.805. The molecule has 6 heteroatoms. The van der Waals surface area contributed by atoms with E-state index in [1.165, 1.54) is 18.5 Å². The van der Waals surface area contributed by atoms with Crippen LogP contribution in [0, 0.1) is 5.92 Å². The van der Waals surface area contributed by atoms with Crippen LogP contribution < -0.4 is 4.65 Å². The van der Waals surface area contributed by atoms with Crippen molar-refractivity contribution in [3.8, 4) is 5.75 Å². The Morgan fingerprint density at radius 2 is 1.91 bits per heavy atom. The number of ether oxygens (including phenoxy) is 1.